The summed E-state index contributed by atoms with van der Waals surface area (Å²) in [5.74, 6) is 0.566. The minimum Gasteiger partial charge on any atom is -0.508 e. The molecule has 2 aliphatic rings. The van der Waals surface area contributed by atoms with Crippen LogP contribution in [0.25, 0.3) is 27.5 Å². The lowest BCUT2D eigenvalue weighted by Crippen LogP contribution is -2.13. The third kappa shape index (κ3) is 3.12. The summed E-state index contributed by atoms with van der Waals surface area (Å²) in [4.78, 5) is 0. The van der Waals surface area contributed by atoms with Crippen LogP contribution in [0.5, 0.6) is 11.5 Å². The summed E-state index contributed by atoms with van der Waals surface area (Å²) in [6, 6.07) is 13.4. The number of hydrogen-bond acceptors (Lipinski definition) is 3. The molecule has 0 saturated carbocycles. The maximum atomic E-state index is 10.2. The van der Waals surface area contributed by atoms with Gasteiger partial charge in [-0.2, -0.15) is 0 Å². The lowest BCUT2D eigenvalue weighted by Gasteiger charge is -2.21. The van der Waals surface area contributed by atoms with E-state index in [-0.39, 0.29) is 11.9 Å². The van der Waals surface area contributed by atoms with Gasteiger partial charge in [0.15, 0.2) is 0 Å². The van der Waals surface area contributed by atoms with Crippen molar-refractivity contribution < 1.29 is 14.9 Å². The Balaban J connectivity index is 1.74. The van der Waals surface area contributed by atoms with Crippen LogP contribution in [-0.4, -0.2) is 22.9 Å². The molecule has 1 unspecified atom stereocenters. The van der Waals surface area contributed by atoms with Crippen molar-refractivity contribution in [2.45, 2.75) is 32.3 Å². The van der Waals surface area contributed by atoms with E-state index in [4.69, 9.17) is 4.74 Å². The normalized spacial score (nSPS) is 17.3. The molecule has 0 aromatic heterocycles. The van der Waals surface area contributed by atoms with Gasteiger partial charge < -0.3 is 14.9 Å². The largest absolute Gasteiger partial charge is 0.508 e. The molecule has 0 amide bonds. The SMILES string of the molecule is CCCOC1C=C(c2c3c(cc4ccc(O)cc24)-c2ccc(O)cc2C3)C=CC1. The molecule has 0 radical (unpaired) electrons. The van der Waals surface area contributed by atoms with E-state index in [2.05, 4.69) is 31.2 Å². The zero-order valence-corrected chi connectivity index (χ0v) is 16.5. The number of phenols is 2. The zero-order chi connectivity index (χ0) is 20.0. The topological polar surface area (TPSA) is 49.7 Å². The molecule has 5 rings (SSSR count). The Labute approximate surface area is 170 Å². The van der Waals surface area contributed by atoms with Crippen LogP contribution in [0.2, 0.25) is 0 Å². The molecular formula is C26H24O3. The molecule has 1 atom stereocenters. The molecule has 3 aromatic rings. The number of benzene rings is 3. The first-order chi connectivity index (χ1) is 14.1. The first-order valence-corrected chi connectivity index (χ1v) is 10.2. The smallest absolute Gasteiger partial charge is 0.116 e. The second-order valence-electron chi connectivity index (χ2n) is 7.87. The van der Waals surface area contributed by atoms with Crippen LogP contribution in [0.1, 0.15) is 36.5 Å². The highest BCUT2D eigenvalue weighted by molar-refractivity contribution is 6.03. The fourth-order valence-electron chi connectivity index (χ4n) is 4.56. The summed E-state index contributed by atoms with van der Waals surface area (Å²) in [5, 5.41) is 22.3. The average molecular weight is 384 g/mol. The summed E-state index contributed by atoms with van der Waals surface area (Å²) in [6.45, 7) is 2.87. The minimum absolute atomic E-state index is 0.0750. The van der Waals surface area contributed by atoms with Gasteiger partial charge in [0.1, 0.15) is 11.5 Å². The van der Waals surface area contributed by atoms with Gasteiger partial charge in [-0.1, -0.05) is 31.2 Å². The Morgan fingerprint density at radius 1 is 1.00 bits per heavy atom. The van der Waals surface area contributed by atoms with Crippen molar-refractivity contribution in [3.63, 3.8) is 0 Å². The molecule has 0 fully saturated rings. The Morgan fingerprint density at radius 3 is 2.69 bits per heavy atom. The standard InChI is InChI=1S/C26H24O3/c1-2-10-29-21-5-3-4-17(12-21)26-23-15-20(28)7-6-16(23)13-24-22-9-8-19(27)11-18(22)14-25(24)26/h3-4,6-9,11-13,15,21,27-28H,2,5,10,14H2,1H3. The van der Waals surface area contributed by atoms with Gasteiger partial charge in [0.05, 0.1) is 6.10 Å². The quantitative estimate of drug-likeness (QED) is 0.456. The van der Waals surface area contributed by atoms with E-state index in [0.29, 0.717) is 5.75 Å². The van der Waals surface area contributed by atoms with Gasteiger partial charge in [0.25, 0.3) is 0 Å². The highest BCUT2D eigenvalue weighted by Crippen LogP contribution is 2.46. The molecule has 2 aliphatic carbocycles. The summed E-state index contributed by atoms with van der Waals surface area (Å²) >= 11 is 0. The number of ether oxygens (including phenoxy) is 1. The number of allylic oxidation sites excluding steroid dienone is 2. The molecule has 0 aliphatic heterocycles. The fourth-order valence-corrected chi connectivity index (χ4v) is 4.56. The van der Waals surface area contributed by atoms with E-state index in [1.54, 1.807) is 12.1 Å². The molecule has 2 N–H and O–H groups in total. The first-order valence-electron chi connectivity index (χ1n) is 10.2. The second-order valence-corrected chi connectivity index (χ2v) is 7.87. The van der Waals surface area contributed by atoms with Crippen LogP contribution >= 0.6 is 0 Å². The van der Waals surface area contributed by atoms with E-state index in [1.807, 2.05) is 24.3 Å². The lowest BCUT2D eigenvalue weighted by atomic mass is 9.87. The number of phenolic OH excluding ortho intramolecular Hbond substituents is 2. The molecule has 0 spiro atoms. The monoisotopic (exact) mass is 384 g/mol. The predicted molar refractivity (Wildman–Crippen MR) is 117 cm³/mol. The van der Waals surface area contributed by atoms with Gasteiger partial charge in [-0.05, 0) is 99.8 Å². The van der Waals surface area contributed by atoms with Crippen molar-refractivity contribution >= 4 is 16.3 Å². The number of hydrogen-bond donors (Lipinski definition) is 2. The fraction of sp³-hybridized carbons (Fsp3) is 0.231. The molecule has 3 nitrogen and oxygen atoms in total. The van der Waals surface area contributed by atoms with Crippen LogP contribution in [-0.2, 0) is 11.2 Å². The highest BCUT2D eigenvalue weighted by atomic mass is 16.5. The maximum Gasteiger partial charge on any atom is 0.116 e. The van der Waals surface area contributed by atoms with E-state index in [9.17, 15) is 10.2 Å². The van der Waals surface area contributed by atoms with Gasteiger partial charge in [0.2, 0.25) is 0 Å². The van der Waals surface area contributed by atoms with E-state index >= 15 is 0 Å². The van der Waals surface area contributed by atoms with Gasteiger partial charge >= 0.3 is 0 Å². The Hall–Kier alpha value is -3.04. The molecule has 29 heavy (non-hydrogen) atoms. The predicted octanol–water partition coefficient (Wildman–Crippen LogP) is 5.96. The highest BCUT2D eigenvalue weighted by Gasteiger charge is 2.26. The van der Waals surface area contributed by atoms with Crippen LogP contribution in [0.15, 0.2) is 60.7 Å². The van der Waals surface area contributed by atoms with Crippen molar-refractivity contribution in [3.05, 3.63) is 77.4 Å². The number of fused-ring (bicyclic) bond motifs is 4. The van der Waals surface area contributed by atoms with Crippen molar-refractivity contribution in [2.75, 3.05) is 6.61 Å². The molecule has 146 valence electrons. The third-order valence-electron chi connectivity index (χ3n) is 5.84. The summed E-state index contributed by atoms with van der Waals surface area (Å²) in [5.41, 5.74) is 7.06. The van der Waals surface area contributed by atoms with Crippen molar-refractivity contribution in [1.29, 1.82) is 0 Å². The van der Waals surface area contributed by atoms with E-state index in [1.165, 1.54) is 16.7 Å². The minimum atomic E-state index is 0.0750. The Bertz CT molecular complexity index is 1170. The molecular weight excluding hydrogens is 360 g/mol. The number of rotatable bonds is 4. The van der Waals surface area contributed by atoms with Gasteiger partial charge in [-0.3, -0.25) is 0 Å². The number of aromatic hydroxyl groups is 2. The average Bonchev–Trinajstić information content (AvgIpc) is 3.07. The lowest BCUT2D eigenvalue weighted by molar-refractivity contribution is 0.0875. The molecule has 3 aromatic carbocycles. The van der Waals surface area contributed by atoms with Crippen molar-refractivity contribution in [1.82, 2.24) is 0 Å². The van der Waals surface area contributed by atoms with Crippen LogP contribution in [0, 0.1) is 0 Å². The second kappa shape index (κ2) is 7.09. The van der Waals surface area contributed by atoms with E-state index < -0.39 is 0 Å². The Kier molecular flexibility index (Phi) is 4.40. The molecule has 3 heteroatoms. The zero-order valence-electron chi connectivity index (χ0n) is 16.5. The summed E-state index contributed by atoms with van der Waals surface area (Å²) < 4.78 is 6.01. The summed E-state index contributed by atoms with van der Waals surface area (Å²) in [6.07, 6.45) is 9.30. The van der Waals surface area contributed by atoms with Gasteiger partial charge in [-0.25, -0.2) is 0 Å². The van der Waals surface area contributed by atoms with Crippen molar-refractivity contribution in [2.24, 2.45) is 0 Å². The van der Waals surface area contributed by atoms with Gasteiger partial charge in [0, 0.05) is 6.61 Å². The van der Waals surface area contributed by atoms with Crippen LogP contribution < -0.4 is 0 Å². The molecule has 0 saturated heterocycles. The maximum absolute atomic E-state index is 10.2. The van der Waals surface area contributed by atoms with Crippen LogP contribution in [0.4, 0.5) is 0 Å². The van der Waals surface area contributed by atoms with Gasteiger partial charge in [-0.15, -0.1) is 0 Å². The van der Waals surface area contributed by atoms with Crippen LogP contribution in [0.3, 0.4) is 0 Å². The Morgan fingerprint density at radius 2 is 1.83 bits per heavy atom. The first kappa shape index (κ1) is 18.0. The van der Waals surface area contributed by atoms with E-state index in [0.717, 1.165) is 53.3 Å². The molecule has 0 bridgehead atoms. The molecule has 0 heterocycles. The third-order valence-corrected chi connectivity index (χ3v) is 5.84. The summed E-state index contributed by atoms with van der Waals surface area (Å²) in [7, 11) is 0. The van der Waals surface area contributed by atoms with Crippen molar-refractivity contribution in [3.8, 4) is 22.6 Å².